The van der Waals surface area contributed by atoms with Crippen molar-refractivity contribution in [2.45, 2.75) is 57.0 Å². The molecule has 44 heavy (non-hydrogen) atoms. The Morgan fingerprint density at radius 2 is 1.91 bits per heavy atom. The maximum Gasteiger partial charge on any atom is 0.387 e. The number of rotatable bonds is 13. The fraction of sp³-hybridized carbons (Fsp3) is 0.500. The molecule has 2 fully saturated rings. The van der Waals surface area contributed by atoms with E-state index >= 15 is 0 Å². The first kappa shape index (κ1) is 31.4. The standard InChI is InChI=1S/C30H36F2N4O8/c1-3-42-28(39)30(40)7-10-35(11-8-30)16-20(37)17-43-21-6-9-36-22(15-33-25(36)14-21)18-12-23(41-2)26(24(13-18)44-29(31)32)27(38)34-19-4-5-19/h6,9,12-15,19-20,29,37,40H,3-5,7-8,10-11,16-17H2,1-2H3,(H,34,38). The van der Waals surface area contributed by atoms with Gasteiger partial charge in [0.15, 0.2) is 5.60 Å². The maximum absolute atomic E-state index is 13.3. The van der Waals surface area contributed by atoms with Gasteiger partial charge in [-0.15, -0.1) is 0 Å². The molecule has 1 aromatic carbocycles. The molecule has 2 aliphatic rings. The van der Waals surface area contributed by atoms with E-state index < -0.39 is 30.2 Å². The van der Waals surface area contributed by atoms with Crippen LogP contribution in [0.25, 0.3) is 16.9 Å². The van der Waals surface area contributed by atoms with Gasteiger partial charge in [-0.1, -0.05) is 0 Å². The van der Waals surface area contributed by atoms with E-state index in [-0.39, 0.29) is 49.2 Å². The molecule has 0 bridgehead atoms. The molecular weight excluding hydrogens is 582 g/mol. The summed E-state index contributed by atoms with van der Waals surface area (Å²) < 4.78 is 49.3. The highest BCUT2D eigenvalue weighted by Gasteiger charge is 2.41. The Bertz CT molecular complexity index is 1490. The van der Waals surface area contributed by atoms with E-state index in [1.165, 1.54) is 13.2 Å². The number of aliphatic hydroxyl groups excluding tert-OH is 1. The second-order valence-corrected chi connectivity index (χ2v) is 10.9. The van der Waals surface area contributed by atoms with Crippen molar-refractivity contribution in [1.82, 2.24) is 19.6 Å². The minimum absolute atomic E-state index is 0.00169. The Morgan fingerprint density at radius 3 is 2.57 bits per heavy atom. The van der Waals surface area contributed by atoms with Gasteiger partial charge in [-0.2, -0.15) is 8.78 Å². The normalized spacial score (nSPS) is 17.3. The van der Waals surface area contributed by atoms with Crippen molar-refractivity contribution >= 4 is 17.5 Å². The number of ether oxygens (including phenoxy) is 4. The molecule has 1 aliphatic heterocycles. The lowest BCUT2D eigenvalue weighted by Gasteiger charge is -2.37. The average molecular weight is 619 g/mol. The third-order valence-corrected chi connectivity index (χ3v) is 7.67. The van der Waals surface area contributed by atoms with Crippen LogP contribution in [-0.4, -0.2) is 101 Å². The molecule has 5 rings (SSSR count). The molecule has 3 heterocycles. The topological polar surface area (TPSA) is 144 Å². The smallest absolute Gasteiger partial charge is 0.387 e. The number of esters is 1. The number of carbonyl (C=O) groups excluding carboxylic acids is 2. The van der Waals surface area contributed by atoms with Crippen molar-refractivity contribution in [3.8, 4) is 28.5 Å². The third-order valence-electron chi connectivity index (χ3n) is 7.67. The first-order valence-corrected chi connectivity index (χ1v) is 14.5. The van der Waals surface area contributed by atoms with Gasteiger partial charge in [0.1, 0.15) is 41.2 Å². The van der Waals surface area contributed by atoms with Crippen LogP contribution in [0.3, 0.4) is 0 Å². The van der Waals surface area contributed by atoms with Gasteiger partial charge >= 0.3 is 12.6 Å². The van der Waals surface area contributed by atoms with Gasteiger partial charge in [0.05, 0.1) is 25.6 Å². The number of likely N-dealkylation sites (tertiary alicyclic amines) is 1. The maximum atomic E-state index is 13.3. The van der Waals surface area contributed by atoms with E-state index in [1.807, 2.05) is 4.90 Å². The Labute approximate surface area is 252 Å². The van der Waals surface area contributed by atoms with Crippen LogP contribution >= 0.6 is 0 Å². The predicted octanol–water partition coefficient (Wildman–Crippen LogP) is 2.63. The number of nitrogens with one attached hydrogen (secondary N) is 1. The summed E-state index contributed by atoms with van der Waals surface area (Å²) in [4.78, 5) is 31.2. The van der Waals surface area contributed by atoms with Crippen LogP contribution in [0.1, 0.15) is 43.0 Å². The number of carbonyl (C=O) groups is 2. The number of hydrogen-bond acceptors (Lipinski definition) is 10. The van der Waals surface area contributed by atoms with Crippen LogP contribution in [0.2, 0.25) is 0 Å². The zero-order chi connectivity index (χ0) is 31.4. The zero-order valence-corrected chi connectivity index (χ0v) is 24.5. The van der Waals surface area contributed by atoms with Crippen molar-refractivity contribution in [1.29, 1.82) is 0 Å². The molecule has 3 N–H and O–H groups in total. The third kappa shape index (κ3) is 7.20. The van der Waals surface area contributed by atoms with Gasteiger partial charge in [0.2, 0.25) is 0 Å². The second kappa shape index (κ2) is 13.3. The van der Waals surface area contributed by atoms with E-state index in [4.69, 9.17) is 18.9 Å². The molecule has 1 saturated heterocycles. The Balaban J connectivity index is 1.25. The minimum Gasteiger partial charge on any atom is -0.496 e. The molecular formula is C30H36F2N4O8. The number of nitrogens with zero attached hydrogens (tertiary/aromatic N) is 3. The number of halogens is 2. The van der Waals surface area contributed by atoms with E-state index in [9.17, 15) is 28.6 Å². The van der Waals surface area contributed by atoms with Crippen molar-refractivity contribution < 1.29 is 47.5 Å². The fourth-order valence-electron chi connectivity index (χ4n) is 5.18. The molecule has 1 atom stereocenters. The van der Waals surface area contributed by atoms with Gasteiger partial charge < -0.3 is 39.4 Å². The van der Waals surface area contributed by atoms with Gasteiger partial charge in [0.25, 0.3) is 5.91 Å². The Morgan fingerprint density at radius 1 is 1.18 bits per heavy atom. The summed E-state index contributed by atoms with van der Waals surface area (Å²) in [6.45, 7) is -0.109. The lowest BCUT2D eigenvalue weighted by molar-refractivity contribution is -0.170. The monoisotopic (exact) mass is 618 g/mol. The highest BCUT2D eigenvalue weighted by atomic mass is 19.3. The number of alkyl halides is 2. The van der Waals surface area contributed by atoms with Crippen LogP contribution < -0.4 is 19.5 Å². The second-order valence-electron chi connectivity index (χ2n) is 10.9. The summed E-state index contributed by atoms with van der Waals surface area (Å²) in [6.07, 6.45) is 4.50. The lowest BCUT2D eigenvalue weighted by Crippen LogP contribution is -2.51. The molecule has 1 unspecified atom stereocenters. The molecule has 0 radical (unpaired) electrons. The van der Waals surface area contributed by atoms with Crippen LogP contribution in [0.15, 0.2) is 36.7 Å². The summed E-state index contributed by atoms with van der Waals surface area (Å²) >= 11 is 0. The molecule has 2 aromatic heterocycles. The average Bonchev–Trinajstić information content (AvgIpc) is 3.71. The van der Waals surface area contributed by atoms with Gasteiger partial charge in [-0.25, -0.2) is 9.78 Å². The van der Waals surface area contributed by atoms with Crippen LogP contribution in [-0.2, 0) is 9.53 Å². The van der Waals surface area contributed by atoms with Gasteiger partial charge in [-0.05, 0) is 50.8 Å². The summed E-state index contributed by atoms with van der Waals surface area (Å²) in [6, 6.07) is 6.28. The number of aromatic nitrogens is 2. The number of β-amino-alcohol motifs (C(OH)–C–C–N with tert-alkyl or cyclic N) is 1. The molecule has 238 valence electrons. The van der Waals surface area contributed by atoms with E-state index in [1.54, 1.807) is 41.9 Å². The fourth-order valence-corrected chi connectivity index (χ4v) is 5.18. The van der Waals surface area contributed by atoms with E-state index in [0.717, 1.165) is 12.8 Å². The molecule has 1 amide bonds. The Hall–Kier alpha value is -4.01. The first-order valence-electron chi connectivity index (χ1n) is 14.5. The molecule has 0 spiro atoms. The number of benzene rings is 1. The number of hydrogen-bond donors (Lipinski definition) is 3. The SMILES string of the molecule is CCOC(=O)C1(O)CCN(CC(O)COc2ccn3c(-c4cc(OC)c(C(=O)NC5CC5)c(OC(F)F)c4)cnc3c2)CC1. The predicted molar refractivity (Wildman–Crippen MR) is 153 cm³/mol. The van der Waals surface area contributed by atoms with E-state index in [0.29, 0.717) is 42.3 Å². The molecule has 12 nitrogen and oxygen atoms in total. The number of fused-ring (bicyclic) bond motifs is 1. The van der Waals surface area contributed by atoms with Gasteiger partial charge in [-0.3, -0.25) is 9.20 Å². The van der Waals surface area contributed by atoms with Crippen LogP contribution in [0, 0.1) is 0 Å². The largest absolute Gasteiger partial charge is 0.496 e. The molecule has 1 aliphatic carbocycles. The Kier molecular flexibility index (Phi) is 9.51. The number of piperidine rings is 1. The highest BCUT2D eigenvalue weighted by Crippen LogP contribution is 2.37. The lowest BCUT2D eigenvalue weighted by atomic mass is 9.91. The minimum atomic E-state index is -3.15. The van der Waals surface area contributed by atoms with Crippen molar-refractivity contribution in [3.05, 3.63) is 42.2 Å². The zero-order valence-electron chi connectivity index (χ0n) is 24.5. The highest BCUT2D eigenvalue weighted by molar-refractivity contribution is 6.01. The summed E-state index contributed by atoms with van der Waals surface area (Å²) in [5.41, 5.74) is -0.140. The van der Waals surface area contributed by atoms with E-state index in [2.05, 4.69) is 10.3 Å². The number of aliphatic hydroxyl groups is 2. The molecule has 1 saturated carbocycles. The number of methoxy groups -OCH3 is 1. The van der Waals surface area contributed by atoms with Crippen molar-refractivity contribution in [2.75, 3.05) is 40.0 Å². The summed E-state index contributed by atoms with van der Waals surface area (Å²) in [5.74, 6) is -0.937. The van der Waals surface area contributed by atoms with Crippen LogP contribution in [0.4, 0.5) is 8.78 Å². The van der Waals surface area contributed by atoms with Crippen molar-refractivity contribution in [3.63, 3.8) is 0 Å². The summed E-state index contributed by atoms with van der Waals surface area (Å²) in [5, 5.41) is 23.9. The quantitative estimate of drug-likeness (QED) is 0.245. The van der Waals surface area contributed by atoms with Crippen molar-refractivity contribution in [2.24, 2.45) is 0 Å². The number of pyridine rings is 1. The number of amides is 1. The first-order chi connectivity index (χ1) is 21.1. The summed E-state index contributed by atoms with van der Waals surface area (Å²) in [7, 11) is 1.35. The van der Waals surface area contributed by atoms with Crippen LogP contribution in [0.5, 0.6) is 17.2 Å². The number of imidazole rings is 1. The molecule has 3 aromatic rings. The molecule has 14 heteroatoms. The van der Waals surface area contributed by atoms with Gasteiger partial charge in [0, 0.05) is 43.5 Å².